The highest BCUT2D eigenvalue weighted by Crippen LogP contribution is 2.22. The van der Waals surface area contributed by atoms with Gasteiger partial charge in [-0.1, -0.05) is 0 Å². The summed E-state index contributed by atoms with van der Waals surface area (Å²) < 4.78 is 4.62. The number of hydrogen-bond donors (Lipinski definition) is 1. The molecule has 0 aromatic rings. The van der Waals surface area contributed by atoms with Crippen LogP contribution in [0, 0.1) is 0 Å². The van der Waals surface area contributed by atoms with Crippen molar-refractivity contribution in [1.29, 1.82) is 0 Å². The third-order valence-corrected chi connectivity index (χ3v) is 2.52. The van der Waals surface area contributed by atoms with Crippen LogP contribution in [0.15, 0.2) is 0 Å². The largest absolute Gasteiger partial charge is 0.452 e. The van der Waals surface area contributed by atoms with Gasteiger partial charge in [0.1, 0.15) is 0 Å². The number of carbonyl (C=O) groups excluding carboxylic acids is 2. The third-order valence-electron chi connectivity index (χ3n) is 2.52. The van der Waals surface area contributed by atoms with Crippen LogP contribution in [0.3, 0.4) is 0 Å². The number of hydrogen-bond acceptors (Lipinski definition) is 4. The minimum Gasteiger partial charge on any atom is -0.452 e. The predicted octanol–water partition coefficient (Wildman–Crippen LogP) is 1.13. The molecule has 0 aromatic carbocycles. The monoisotopic (exact) mass is 228 g/mol. The lowest BCUT2D eigenvalue weighted by atomic mass is 9.96. The second-order valence-corrected chi connectivity index (χ2v) is 5.52. The van der Waals surface area contributed by atoms with Crippen molar-refractivity contribution in [1.82, 2.24) is 10.2 Å². The van der Waals surface area contributed by atoms with E-state index in [1.807, 2.05) is 27.7 Å². The molecule has 1 saturated heterocycles. The van der Waals surface area contributed by atoms with Gasteiger partial charge in [-0.05, 0) is 27.7 Å². The fourth-order valence-electron chi connectivity index (χ4n) is 2.23. The lowest BCUT2D eigenvalue weighted by Gasteiger charge is -2.33. The van der Waals surface area contributed by atoms with E-state index in [0.29, 0.717) is 6.54 Å². The van der Waals surface area contributed by atoms with Gasteiger partial charge >= 0.3 is 6.09 Å². The molecule has 1 heterocycles. The zero-order valence-electron chi connectivity index (χ0n) is 10.6. The molecular weight excluding hydrogens is 208 g/mol. The Bertz CT molecular complexity index is 310. The molecule has 1 rings (SSSR count). The van der Waals surface area contributed by atoms with Crippen LogP contribution < -0.4 is 5.32 Å². The number of nitrogens with one attached hydrogen (secondary N) is 1. The van der Waals surface area contributed by atoms with Crippen molar-refractivity contribution < 1.29 is 14.3 Å². The topological polar surface area (TPSA) is 58.6 Å². The lowest BCUT2D eigenvalue weighted by Crippen LogP contribution is -2.54. The van der Waals surface area contributed by atoms with Crippen molar-refractivity contribution >= 4 is 12.0 Å². The molecule has 5 nitrogen and oxygen atoms in total. The standard InChI is InChI=1S/C11H20N2O3/c1-10(2)6-8(14)13(9(15)16-5)7-11(3,4)12-10/h12H,6-7H2,1-5H3. The van der Waals surface area contributed by atoms with Gasteiger partial charge in [0, 0.05) is 24.0 Å². The van der Waals surface area contributed by atoms with E-state index in [1.54, 1.807) is 0 Å². The number of amides is 2. The Morgan fingerprint density at radius 3 is 2.38 bits per heavy atom. The molecule has 0 unspecified atom stereocenters. The summed E-state index contributed by atoms with van der Waals surface area (Å²) in [5.74, 6) is -0.199. The van der Waals surface area contributed by atoms with Crippen LogP contribution in [0.4, 0.5) is 4.79 Å². The Labute approximate surface area is 96.1 Å². The molecule has 92 valence electrons. The Morgan fingerprint density at radius 2 is 1.88 bits per heavy atom. The summed E-state index contributed by atoms with van der Waals surface area (Å²) in [5, 5.41) is 3.36. The van der Waals surface area contributed by atoms with E-state index in [9.17, 15) is 9.59 Å². The predicted molar refractivity (Wildman–Crippen MR) is 60.0 cm³/mol. The minimum atomic E-state index is -0.586. The first-order chi connectivity index (χ1) is 7.17. The number of methoxy groups -OCH3 is 1. The van der Waals surface area contributed by atoms with E-state index in [-0.39, 0.29) is 23.4 Å². The van der Waals surface area contributed by atoms with Crippen molar-refractivity contribution in [3.05, 3.63) is 0 Å². The first-order valence-corrected chi connectivity index (χ1v) is 5.34. The van der Waals surface area contributed by atoms with Crippen LogP contribution in [-0.2, 0) is 9.53 Å². The van der Waals surface area contributed by atoms with Crippen LogP contribution in [0.2, 0.25) is 0 Å². The molecule has 0 aliphatic carbocycles. The second-order valence-electron chi connectivity index (χ2n) is 5.52. The van der Waals surface area contributed by atoms with Crippen molar-refractivity contribution in [3.63, 3.8) is 0 Å². The van der Waals surface area contributed by atoms with Gasteiger partial charge in [0.25, 0.3) is 0 Å². The summed E-state index contributed by atoms with van der Waals surface area (Å²) in [7, 11) is 1.28. The first-order valence-electron chi connectivity index (χ1n) is 5.34. The van der Waals surface area contributed by atoms with Gasteiger partial charge in [-0.25, -0.2) is 9.69 Å². The van der Waals surface area contributed by atoms with Crippen LogP contribution in [0.1, 0.15) is 34.1 Å². The smallest absolute Gasteiger partial charge is 0.416 e. The zero-order chi connectivity index (χ0) is 12.6. The highest BCUT2D eigenvalue weighted by Gasteiger charge is 2.39. The summed E-state index contributed by atoms with van der Waals surface area (Å²) in [6.07, 6.45) is -0.302. The quantitative estimate of drug-likeness (QED) is 0.675. The van der Waals surface area contributed by atoms with Crippen molar-refractivity contribution in [2.45, 2.75) is 45.2 Å². The van der Waals surface area contributed by atoms with E-state index in [2.05, 4.69) is 10.1 Å². The molecule has 16 heavy (non-hydrogen) atoms. The van der Waals surface area contributed by atoms with Crippen LogP contribution in [0.25, 0.3) is 0 Å². The van der Waals surface area contributed by atoms with Crippen LogP contribution in [0.5, 0.6) is 0 Å². The van der Waals surface area contributed by atoms with E-state index in [0.717, 1.165) is 0 Å². The molecule has 1 aliphatic heterocycles. The van der Waals surface area contributed by atoms with E-state index >= 15 is 0 Å². The Balaban J connectivity index is 2.97. The summed E-state index contributed by atoms with van der Waals surface area (Å²) in [6, 6.07) is 0. The Hall–Kier alpha value is -1.10. The molecule has 1 N–H and O–H groups in total. The molecule has 2 amide bonds. The molecule has 0 atom stereocenters. The van der Waals surface area contributed by atoms with Crippen LogP contribution in [-0.4, -0.2) is 41.6 Å². The fourth-order valence-corrected chi connectivity index (χ4v) is 2.23. The van der Waals surface area contributed by atoms with Gasteiger partial charge in [-0.15, -0.1) is 0 Å². The first kappa shape index (κ1) is 13.0. The maximum atomic E-state index is 11.9. The molecule has 0 spiro atoms. The SMILES string of the molecule is COC(=O)N1CC(C)(C)NC(C)(C)CC1=O. The van der Waals surface area contributed by atoms with Gasteiger partial charge in [-0.3, -0.25) is 4.79 Å². The summed E-state index contributed by atoms with van der Waals surface area (Å²) >= 11 is 0. The van der Waals surface area contributed by atoms with Gasteiger partial charge in [0.05, 0.1) is 7.11 Å². The number of nitrogens with zero attached hydrogens (tertiary/aromatic N) is 1. The van der Waals surface area contributed by atoms with Gasteiger partial charge < -0.3 is 10.1 Å². The molecule has 5 heteroatoms. The molecule has 0 radical (unpaired) electrons. The minimum absolute atomic E-state index is 0.199. The van der Waals surface area contributed by atoms with E-state index < -0.39 is 6.09 Å². The Morgan fingerprint density at radius 1 is 1.31 bits per heavy atom. The summed E-state index contributed by atoms with van der Waals surface area (Å²) in [4.78, 5) is 24.6. The van der Waals surface area contributed by atoms with E-state index in [4.69, 9.17) is 0 Å². The average Bonchev–Trinajstić information content (AvgIpc) is 2.17. The van der Waals surface area contributed by atoms with Gasteiger partial charge in [0.15, 0.2) is 0 Å². The summed E-state index contributed by atoms with van der Waals surface area (Å²) in [5.41, 5.74) is -0.632. The average molecular weight is 228 g/mol. The number of carbonyl (C=O) groups is 2. The van der Waals surface area contributed by atoms with Crippen LogP contribution >= 0.6 is 0 Å². The van der Waals surface area contributed by atoms with E-state index in [1.165, 1.54) is 12.0 Å². The van der Waals surface area contributed by atoms with Crippen molar-refractivity contribution in [2.24, 2.45) is 0 Å². The fraction of sp³-hybridized carbons (Fsp3) is 0.818. The molecule has 0 saturated carbocycles. The zero-order valence-corrected chi connectivity index (χ0v) is 10.6. The van der Waals surface area contributed by atoms with Gasteiger partial charge in [0.2, 0.25) is 5.91 Å². The molecule has 1 fully saturated rings. The Kier molecular flexibility index (Phi) is 3.28. The number of rotatable bonds is 0. The molecule has 0 aromatic heterocycles. The maximum absolute atomic E-state index is 11.9. The highest BCUT2D eigenvalue weighted by atomic mass is 16.5. The molecule has 1 aliphatic rings. The second kappa shape index (κ2) is 4.05. The highest BCUT2D eigenvalue weighted by molar-refractivity contribution is 5.92. The van der Waals surface area contributed by atoms with Crippen molar-refractivity contribution in [3.8, 4) is 0 Å². The summed E-state index contributed by atoms with van der Waals surface area (Å²) in [6.45, 7) is 8.15. The lowest BCUT2D eigenvalue weighted by molar-refractivity contribution is -0.129. The van der Waals surface area contributed by atoms with Gasteiger partial charge in [-0.2, -0.15) is 0 Å². The van der Waals surface area contributed by atoms with Crippen molar-refractivity contribution in [2.75, 3.05) is 13.7 Å². The third kappa shape index (κ3) is 2.95. The number of imide groups is 1. The number of ether oxygens (including phenoxy) is 1. The normalized spacial score (nSPS) is 23.8. The molecular formula is C11H20N2O3. The molecule has 0 bridgehead atoms. The maximum Gasteiger partial charge on any atom is 0.416 e.